The van der Waals surface area contributed by atoms with Crippen LogP contribution in [0.1, 0.15) is 53.5 Å². The maximum Gasteiger partial charge on any atom is 0.309 e. The van der Waals surface area contributed by atoms with Crippen LogP contribution in [0, 0.1) is 11.7 Å². The van der Waals surface area contributed by atoms with E-state index in [1.165, 1.54) is 12.5 Å². The van der Waals surface area contributed by atoms with Crippen molar-refractivity contribution < 1.29 is 13.9 Å². The van der Waals surface area contributed by atoms with Gasteiger partial charge in [-0.15, -0.1) is 0 Å². The lowest BCUT2D eigenvalue weighted by molar-refractivity contribution is -0.159. The molecule has 0 heterocycles. The van der Waals surface area contributed by atoms with Gasteiger partial charge in [0.05, 0.1) is 5.92 Å². The van der Waals surface area contributed by atoms with E-state index in [4.69, 9.17) is 4.74 Å². The van der Waals surface area contributed by atoms with Gasteiger partial charge in [0, 0.05) is 0 Å². The Hall–Kier alpha value is -1.38. The average Bonchev–Trinajstić information content (AvgIpc) is 2.31. The molecule has 20 heavy (non-hydrogen) atoms. The van der Waals surface area contributed by atoms with E-state index in [1.54, 1.807) is 25.1 Å². The predicted octanol–water partition coefficient (Wildman–Crippen LogP) is 4.76. The van der Waals surface area contributed by atoms with Gasteiger partial charge in [0.25, 0.3) is 0 Å². The zero-order valence-electron chi connectivity index (χ0n) is 13.5. The van der Waals surface area contributed by atoms with Crippen molar-refractivity contribution in [2.24, 2.45) is 5.92 Å². The molecule has 0 aliphatic heterocycles. The van der Waals surface area contributed by atoms with E-state index in [-0.39, 0.29) is 17.7 Å². The van der Waals surface area contributed by atoms with Crippen LogP contribution < -0.4 is 0 Å². The van der Waals surface area contributed by atoms with Crippen LogP contribution in [0.5, 0.6) is 0 Å². The highest BCUT2D eigenvalue weighted by molar-refractivity contribution is 5.72. The van der Waals surface area contributed by atoms with Crippen molar-refractivity contribution in [3.05, 3.63) is 35.6 Å². The molecule has 1 rings (SSSR count). The summed E-state index contributed by atoms with van der Waals surface area (Å²) >= 11 is 0. The Morgan fingerprint density at radius 3 is 2.20 bits per heavy atom. The Morgan fingerprint density at radius 1 is 1.25 bits per heavy atom. The fourth-order valence-corrected chi connectivity index (χ4v) is 1.48. The summed E-state index contributed by atoms with van der Waals surface area (Å²) in [5, 5.41) is 0. The molecule has 0 saturated carbocycles. The Morgan fingerprint density at radius 2 is 1.75 bits per heavy atom. The molecule has 0 spiro atoms. The molecule has 1 atom stereocenters. The van der Waals surface area contributed by atoms with Crippen LogP contribution in [0.3, 0.4) is 0 Å². The number of carbonyl (C=O) groups excluding carboxylic acids is 1. The average molecular weight is 282 g/mol. The summed E-state index contributed by atoms with van der Waals surface area (Å²) in [4.78, 5) is 11.7. The minimum absolute atomic E-state index is 0.275. The minimum atomic E-state index is -0.499. The van der Waals surface area contributed by atoms with E-state index in [0.29, 0.717) is 12.0 Å². The second kappa shape index (κ2) is 8.72. The summed E-state index contributed by atoms with van der Waals surface area (Å²) in [6, 6.07) is 6.49. The molecule has 0 radical (unpaired) electrons. The Labute approximate surface area is 122 Å². The zero-order chi connectivity index (χ0) is 15.8. The van der Waals surface area contributed by atoms with Gasteiger partial charge < -0.3 is 4.74 Å². The highest BCUT2D eigenvalue weighted by atomic mass is 19.1. The van der Waals surface area contributed by atoms with E-state index in [2.05, 4.69) is 13.8 Å². The quantitative estimate of drug-likeness (QED) is 0.747. The molecule has 0 aliphatic rings. The minimum Gasteiger partial charge on any atom is -0.460 e. The molecule has 114 valence electrons. The van der Waals surface area contributed by atoms with Gasteiger partial charge in [0.15, 0.2) is 0 Å². The molecule has 1 unspecified atom stereocenters. The first kappa shape index (κ1) is 18.6. The summed E-state index contributed by atoms with van der Waals surface area (Å²) < 4.78 is 18.6. The van der Waals surface area contributed by atoms with Crippen LogP contribution in [0.25, 0.3) is 0 Å². The summed E-state index contributed by atoms with van der Waals surface area (Å²) in [7, 11) is 0. The second-order valence-corrected chi connectivity index (χ2v) is 5.94. The topological polar surface area (TPSA) is 26.3 Å². The second-order valence-electron chi connectivity index (χ2n) is 5.94. The van der Waals surface area contributed by atoms with E-state index in [1.807, 2.05) is 20.8 Å². The molecular formula is C17H27FO2. The van der Waals surface area contributed by atoms with Gasteiger partial charge in [-0.25, -0.2) is 4.39 Å². The van der Waals surface area contributed by atoms with Gasteiger partial charge in [-0.3, -0.25) is 4.79 Å². The Balaban J connectivity index is 0.00000110. The van der Waals surface area contributed by atoms with Gasteiger partial charge in [-0.05, 0) is 38.8 Å². The maximum atomic E-state index is 13.4. The van der Waals surface area contributed by atoms with Crippen molar-refractivity contribution in [3.8, 4) is 0 Å². The lowest BCUT2D eigenvalue weighted by Crippen LogP contribution is -2.28. The van der Waals surface area contributed by atoms with Gasteiger partial charge in [-0.2, -0.15) is 0 Å². The molecule has 0 saturated heterocycles. The van der Waals surface area contributed by atoms with E-state index in [0.717, 1.165) is 0 Å². The van der Waals surface area contributed by atoms with Crippen LogP contribution in [0.15, 0.2) is 24.3 Å². The molecular weight excluding hydrogens is 255 g/mol. The zero-order valence-corrected chi connectivity index (χ0v) is 13.5. The third-order valence-electron chi connectivity index (χ3n) is 2.29. The molecule has 0 N–H and O–H groups in total. The lowest BCUT2D eigenvalue weighted by Gasteiger charge is -2.22. The highest BCUT2D eigenvalue weighted by Gasteiger charge is 2.22. The van der Waals surface area contributed by atoms with Crippen molar-refractivity contribution in [2.45, 2.75) is 60.0 Å². The molecule has 1 aromatic carbocycles. The van der Waals surface area contributed by atoms with Crippen LogP contribution in [0.2, 0.25) is 0 Å². The first-order valence-electron chi connectivity index (χ1n) is 7.17. The van der Waals surface area contributed by atoms with E-state index in [9.17, 15) is 9.18 Å². The third kappa shape index (κ3) is 7.93. The number of hydrogen-bond donors (Lipinski definition) is 0. The number of halogens is 1. The first-order chi connectivity index (χ1) is 9.21. The van der Waals surface area contributed by atoms with Crippen molar-refractivity contribution >= 4 is 5.97 Å². The van der Waals surface area contributed by atoms with Crippen molar-refractivity contribution in [1.82, 2.24) is 0 Å². The number of ether oxygens (including phenoxy) is 1. The van der Waals surface area contributed by atoms with Crippen LogP contribution in [-0.4, -0.2) is 11.6 Å². The van der Waals surface area contributed by atoms with Gasteiger partial charge in [-0.1, -0.05) is 45.4 Å². The molecule has 1 aromatic rings. The largest absolute Gasteiger partial charge is 0.460 e. The SMILES string of the molecule is CC(Cc1ccccc1F)C(=O)OC(C)(C)C.CCC. The van der Waals surface area contributed by atoms with Crippen molar-refractivity contribution in [1.29, 1.82) is 0 Å². The van der Waals surface area contributed by atoms with Crippen molar-refractivity contribution in [3.63, 3.8) is 0 Å². The number of rotatable bonds is 3. The number of esters is 1. The summed E-state index contributed by atoms with van der Waals surface area (Å²) in [6.07, 6.45) is 1.61. The predicted molar refractivity (Wildman–Crippen MR) is 81.1 cm³/mol. The van der Waals surface area contributed by atoms with E-state index >= 15 is 0 Å². The molecule has 2 nitrogen and oxygen atoms in total. The molecule has 0 aliphatic carbocycles. The third-order valence-corrected chi connectivity index (χ3v) is 2.29. The Bertz CT molecular complexity index is 408. The Kier molecular flexibility index (Phi) is 8.12. The summed E-state index contributed by atoms with van der Waals surface area (Å²) in [5.41, 5.74) is 0.0477. The van der Waals surface area contributed by atoms with Gasteiger partial charge in [0.2, 0.25) is 0 Å². The van der Waals surface area contributed by atoms with Crippen LogP contribution in [-0.2, 0) is 16.0 Å². The first-order valence-corrected chi connectivity index (χ1v) is 7.17. The molecule has 3 heteroatoms. The summed E-state index contributed by atoms with van der Waals surface area (Å²) in [6.45, 7) is 11.5. The van der Waals surface area contributed by atoms with Crippen LogP contribution in [0.4, 0.5) is 4.39 Å². The number of carbonyl (C=O) groups is 1. The molecule has 0 bridgehead atoms. The number of hydrogen-bond acceptors (Lipinski definition) is 2. The molecule has 0 aromatic heterocycles. The molecule has 0 amide bonds. The summed E-state index contributed by atoms with van der Waals surface area (Å²) in [5.74, 6) is -0.908. The van der Waals surface area contributed by atoms with E-state index < -0.39 is 5.60 Å². The van der Waals surface area contributed by atoms with Crippen molar-refractivity contribution in [2.75, 3.05) is 0 Å². The smallest absolute Gasteiger partial charge is 0.309 e. The highest BCUT2D eigenvalue weighted by Crippen LogP contribution is 2.16. The van der Waals surface area contributed by atoms with Gasteiger partial charge in [0.1, 0.15) is 11.4 Å². The lowest BCUT2D eigenvalue weighted by atomic mass is 10.0. The van der Waals surface area contributed by atoms with Crippen LogP contribution >= 0.6 is 0 Å². The normalized spacial score (nSPS) is 12.2. The maximum absolute atomic E-state index is 13.4. The van der Waals surface area contributed by atoms with Gasteiger partial charge >= 0.3 is 5.97 Å². The monoisotopic (exact) mass is 282 g/mol. The standard InChI is InChI=1S/C14H19FO2.C3H8/c1-10(13(16)17-14(2,3)4)9-11-7-5-6-8-12(11)15;1-3-2/h5-8,10H,9H2,1-4H3;3H2,1-2H3. The number of benzene rings is 1. The fourth-order valence-electron chi connectivity index (χ4n) is 1.48. The fraction of sp³-hybridized carbons (Fsp3) is 0.588. The molecule has 0 fully saturated rings.